The Balaban J connectivity index is 2.12. The Hall–Kier alpha value is -0.830. The molecule has 1 N–H and O–H groups in total. The van der Waals surface area contributed by atoms with Gasteiger partial charge in [0.15, 0.2) is 0 Å². The Morgan fingerprint density at radius 1 is 1.33 bits per heavy atom. The molecular weight excluding hydrogens is 222 g/mol. The van der Waals surface area contributed by atoms with Crippen LogP contribution in [0.1, 0.15) is 63.7 Å². The number of nitrogens with one attached hydrogen (secondary N) is 1. The molecule has 0 spiro atoms. The van der Waals surface area contributed by atoms with E-state index >= 15 is 0 Å². The Kier molecular flexibility index (Phi) is 2.77. The standard InChI is InChI=1S/C15H25N3/c1-10(2)14-17-12-9-16-8-7-13(12)18(14)15(3,4)11-5-6-11/h10-11,16H,5-9H2,1-4H3. The van der Waals surface area contributed by atoms with Crippen LogP contribution in [0.15, 0.2) is 0 Å². The quantitative estimate of drug-likeness (QED) is 0.890. The fourth-order valence-electron chi connectivity index (χ4n) is 3.33. The first-order valence-corrected chi connectivity index (χ1v) is 7.33. The molecule has 3 nitrogen and oxygen atoms in total. The zero-order valence-electron chi connectivity index (χ0n) is 12.1. The van der Waals surface area contributed by atoms with Crippen LogP contribution >= 0.6 is 0 Å². The minimum absolute atomic E-state index is 0.248. The molecule has 0 unspecified atom stereocenters. The first-order valence-electron chi connectivity index (χ1n) is 7.33. The molecule has 1 aliphatic heterocycles. The molecule has 0 saturated heterocycles. The van der Waals surface area contributed by atoms with Crippen molar-refractivity contribution in [2.24, 2.45) is 5.92 Å². The smallest absolute Gasteiger partial charge is 0.112 e. The molecular formula is C15H25N3. The van der Waals surface area contributed by atoms with Gasteiger partial charge in [0.2, 0.25) is 0 Å². The van der Waals surface area contributed by atoms with Gasteiger partial charge in [-0.2, -0.15) is 0 Å². The van der Waals surface area contributed by atoms with Gasteiger partial charge in [0.05, 0.1) is 5.69 Å². The van der Waals surface area contributed by atoms with Crippen LogP contribution in [-0.2, 0) is 18.5 Å². The maximum Gasteiger partial charge on any atom is 0.112 e. The monoisotopic (exact) mass is 247 g/mol. The van der Waals surface area contributed by atoms with Crippen LogP contribution in [0, 0.1) is 5.92 Å². The van der Waals surface area contributed by atoms with E-state index in [9.17, 15) is 0 Å². The van der Waals surface area contributed by atoms with E-state index in [0.717, 1.165) is 25.4 Å². The third-order valence-corrected chi connectivity index (χ3v) is 4.58. The lowest BCUT2D eigenvalue weighted by Crippen LogP contribution is -2.34. The van der Waals surface area contributed by atoms with Crippen molar-refractivity contribution in [2.45, 2.75) is 65.0 Å². The number of hydrogen-bond donors (Lipinski definition) is 1. The van der Waals surface area contributed by atoms with E-state index < -0.39 is 0 Å². The summed E-state index contributed by atoms with van der Waals surface area (Å²) in [5, 5.41) is 3.44. The van der Waals surface area contributed by atoms with Gasteiger partial charge in [-0.3, -0.25) is 0 Å². The molecule has 3 rings (SSSR count). The molecule has 0 atom stereocenters. The summed E-state index contributed by atoms with van der Waals surface area (Å²) in [6, 6.07) is 0. The highest BCUT2D eigenvalue weighted by atomic mass is 15.2. The molecule has 0 amide bonds. The van der Waals surface area contributed by atoms with Crippen LogP contribution in [0.25, 0.3) is 0 Å². The van der Waals surface area contributed by atoms with Gasteiger partial charge in [0.25, 0.3) is 0 Å². The van der Waals surface area contributed by atoms with Gasteiger partial charge in [-0.1, -0.05) is 13.8 Å². The fraction of sp³-hybridized carbons (Fsp3) is 0.800. The molecule has 18 heavy (non-hydrogen) atoms. The number of fused-ring (bicyclic) bond motifs is 1. The average molecular weight is 247 g/mol. The van der Waals surface area contributed by atoms with E-state index in [1.165, 1.54) is 30.1 Å². The molecule has 0 bridgehead atoms. The van der Waals surface area contributed by atoms with Crippen LogP contribution in [0.3, 0.4) is 0 Å². The minimum atomic E-state index is 0.248. The van der Waals surface area contributed by atoms with E-state index in [1.807, 2.05) is 0 Å². The first kappa shape index (κ1) is 12.2. The minimum Gasteiger partial charge on any atom is -0.326 e. The topological polar surface area (TPSA) is 29.9 Å². The van der Waals surface area contributed by atoms with E-state index in [1.54, 1.807) is 0 Å². The third kappa shape index (κ3) is 1.80. The van der Waals surface area contributed by atoms with Gasteiger partial charge >= 0.3 is 0 Å². The molecule has 0 aromatic carbocycles. The lowest BCUT2D eigenvalue weighted by Gasteiger charge is -2.32. The predicted octanol–water partition coefficient (Wildman–Crippen LogP) is 2.80. The molecule has 1 aliphatic carbocycles. The highest BCUT2D eigenvalue weighted by Crippen LogP contribution is 2.46. The zero-order valence-corrected chi connectivity index (χ0v) is 12.1. The first-order chi connectivity index (χ1) is 8.51. The van der Waals surface area contributed by atoms with Crippen LogP contribution in [0.4, 0.5) is 0 Å². The van der Waals surface area contributed by atoms with Crippen LogP contribution in [-0.4, -0.2) is 16.1 Å². The molecule has 100 valence electrons. The summed E-state index contributed by atoms with van der Waals surface area (Å²) >= 11 is 0. The number of aromatic nitrogens is 2. The molecule has 2 heterocycles. The summed E-state index contributed by atoms with van der Waals surface area (Å²) in [4.78, 5) is 4.93. The van der Waals surface area contributed by atoms with Crippen molar-refractivity contribution in [2.75, 3.05) is 6.54 Å². The van der Waals surface area contributed by atoms with Gasteiger partial charge in [-0.05, 0) is 32.6 Å². The summed E-state index contributed by atoms with van der Waals surface area (Å²) < 4.78 is 2.59. The number of rotatable bonds is 3. The number of nitrogens with zero attached hydrogens (tertiary/aromatic N) is 2. The van der Waals surface area contributed by atoms with E-state index in [0.29, 0.717) is 5.92 Å². The van der Waals surface area contributed by atoms with Gasteiger partial charge in [0, 0.05) is 36.7 Å². The van der Waals surface area contributed by atoms with Gasteiger partial charge in [-0.15, -0.1) is 0 Å². The van der Waals surface area contributed by atoms with Gasteiger partial charge in [-0.25, -0.2) is 4.98 Å². The SMILES string of the molecule is CC(C)c1nc2c(n1C(C)(C)C1CC1)CCNC2. The molecule has 3 heteroatoms. The Bertz CT molecular complexity index is 453. The van der Waals surface area contributed by atoms with Crippen LogP contribution < -0.4 is 5.32 Å². The summed E-state index contributed by atoms with van der Waals surface area (Å²) in [7, 11) is 0. The van der Waals surface area contributed by atoms with Crippen molar-refractivity contribution in [1.29, 1.82) is 0 Å². The lowest BCUT2D eigenvalue weighted by molar-refractivity contribution is 0.282. The van der Waals surface area contributed by atoms with Gasteiger partial charge in [0.1, 0.15) is 5.82 Å². The highest BCUT2D eigenvalue weighted by Gasteiger charge is 2.42. The zero-order chi connectivity index (χ0) is 12.9. The lowest BCUT2D eigenvalue weighted by atomic mass is 9.96. The number of imidazole rings is 1. The largest absolute Gasteiger partial charge is 0.326 e. The summed E-state index contributed by atoms with van der Waals surface area (Å²) in [6.45, 7) is 11.4. The Morgan fingerprint density at radius 3 is 2.67 bits per heavy atom. The fourth-order valence-corrected chi connectivity index (χ4v) is 3.33. The third-order valence-electron chi connectivity index (χ3n) is 4.58. The normalized spacial score (nSPS) is 20.3. The van der Waals surface area contributed by atoms with Crippen molar-refractivity contribution in [3.05, 3.63) is 17.2 Å². The maximum absolute atomic E-state index is 4.93. The molecule has 0 radical (unpaired) electrons. The average Bonchev–Trinajstić information content (AvgIpc) is 3.09. The molecule has 1 aromatic heterocycles. The Morgan fingerprint density at radius 2 is 2.06 bits per heavy atom. The van der Waals surface area contributed by atoms with Crippen molar-refractivity contribution in [3.8, 4) is 0 Å². The second-order valence-electron chi connectivity index (χ2n) is 6.71. The molecule has 2 aliphatic rings. The maximum atomic E-state index is 4.93. The van der Waals surface area contributed by atoms with E-state index in [4.69, 9.17) is 4.98 Å². The van der Waals surface area contributed by atoms with Gasteiger partial charge < -0.3 is 9.88 Å². The second kappa shape index (κ2) is 4.09. The summed E-state index contributed by atoms with van der Waals surface area (Å²) in [6.07, 6.45) is 3.90. The predicted molar refractivity (Wildman–Crippen MR) is 73.8 cm³/mol. The summed E-state index contributed by atoms with van der Waals surface area (Å²) in [5.74, 6) is 2.65. The van der Waals surface area contributed by atoms with Crippen molar-refractivity contribution in [3.63, 3.8) is 0 Å². The number of hydrogen-bond acceptors (Lipinski definition) is 2. The molecule has 1 fully saturated rings. The highest BCUT2D eigenvalue weighted by molar-refractivity contribution is 5.24. The van der Waals surface area contributed by atoms with Crippen LogP contribution in [0.5, 0.6) is 0 Å². The van der Waals surface area contributed by atoms with Crippen molar-refractivity contribution >= 4 is 0 Å². The molecule has 1 aromatic rings. The Labute approximate surface area is 110 Å². The van der Waals surface area contributed by atoms with Crippen LogP contribution in [0.2, 0.25) is 0 Å². The molecule has 1 saturated carbocycles. The van der Waals surface area contributed by atoms with Crippen molar-refractivity contribution < 1.29 is 0 Å². The van der Waals surface area contributed by atoms with E-state index in [-0.39, 0.29) is 5.54 Å². The van der Waals surface area contributed by atoms with Crippen molar-refractivity contribution in [1.82, 2.24) is 14.9 Å². The summed E-state index contributed by atoms with van der Waals surface area (Å²) in [5.41, 5.74) is 3.03. The van der Waals surface area contributed by atoms with E-state index in [2.05, 4.69) is 37.6 Å². The second-order valence-corrected chi connectivity index (χ2v) is 6.71.